The van der Waals surface area contributed by atoms with E-state index in [1.165, 1.54) is 18.8 Å². The van der Waals surface area contributed by atoms with E-state index in [0.717, 1.165) is 16.8 Å². The first-order chi connectivity index (χ1) is 13.3. The minimum atomic E-state index is -3.24. The van der Waals surface area contributed by atoms with Crippen molar-refractivity contribution in [3.63, 3.8) is 0 Å². The lowest BCUT2D eigenvalue weighted by Crippen LogP contribution is -2.24. The summed E-state index contributed by atoms with van der Waals surface area (Å²) in [6, 6.07) is 13.2. The van der Waals surface area contributed by atoms with E-state index in [4.69, 9.17) is 4.98 Å². The molecule has 0 amide bonds. The van der Waals surface area contributed by atoms with Crippen LogP contribution in [0.1, 0.15) is 17.5 Å². The first-order valence-electron chi connectivity index (χ1n) is 8.96. The van der Waals surface area contributed by atoms with Gasteiger partial charge in [0.1, 0.15) is 0 Å². The van der Waals surface area contributed by atoms with Crippen LogP contribution in [-0.4, -0.2) is 36.5 Å². The number of benzene rings is 2. The molecule has 0 aliphatic heterocycles. The first-order valence-corrected chi connectivity index (χ1v) is 11.6. The van der Waals surface area contributed by atoms with Gasteiger partial charge in [-0.15, -0.1) is 0 Å². The van der Waals surface area contributed by atoms with Crippen LogP contribution in [0.2, 0.25) is 0 Å². The quantitative estimate of drug-likeness (QED) is 0.363. The number of aromatic nitrogens is 2. The molecule has 0 aliphatic carbocycles. The molecule has 28 heavy (non-hydrogen) atoms. The molecule has 1 N–H and O–H groups in total. The number of rotatable bonds is 7. The lowest BCUT2D eigenvalue weighted by Gasteiger charge is -2.17. The highest BCUT2D eigenvalue weighted by atomic mass is 32.2. The Bertz CT molecular complexity index is 1150. The summed E-state index contributed by atoms with van der Waals surface area (Å²) in [6.07, 6.45) is 0.462. The largest absolute Gasteiger partial charge is 0.268 e. The lowest BCUT2D eigenvalue weighted by molar-refractivity contribution is 0.587. The van der Waals surface area contributed by atoms with Crippen LogP contribution < -0.4 is 10.3 Å². The molecule has 8 heteroatoms. The topological polar surface area (TPSA) is 81.1 Å². The Kier molecular flexibility index (Phi) is 6.22. The average molecular weight is 418 g/mol. The standard InChI is InChI=1S/C20H23N3O3S2/c1-14-8-6-9-15(2)18(14)23-19(24)16-10-4-5-11-17(16)22-20(23)27-12-7-13-28(25,26)21-3/h4-6,8-11,21H,7,12-13H2,1-3H3. The van der Waals surface area contributed by atoms with Crippen molar-refractivity contribution >= 4 is 32.7 Å². The molecule has 3 aromatic rings. The molecule has 0 radical (unpaired) electrons. The molecular formula is C20H23N3O3S2. The van der Waals surface area contributed by atoms with Crippen LogP contribution in [0.25, 0.3) is 16.6 Å². The lowest BCUT2D eigenvalue weighted by atomic mass is 10.1. The number of hydrogen-bond acceptors (Lipinski definition) is 5. The molecule has 0 bridgehead atoms. The Morgan fingerprint density at radius 2 is 1.75 bits per heavy atom. The van der Waals surface area contributed by atoms with Crippen molar-refractivity contribution in [1.82, 2.24) is 14.3 Å². The number of aryl methyl sites for hydroxylation is 2. The highest BCUT2D eigenvalue weighted by Crippen LogP contribution is 2.25. The Morgan fingerprint density at radius 3 is 2.43 bits per heavy atom. The number of hydrogen-bond donors (Lipinski definition) is 1. The first kappa shape index (κ1) is 20.6. The number of thioether (sulfide) groups is 1. The van der Waals surface area contributed by atoms with Crippen molar-refractivity contribution in [3.05, 3.63) is 63.9 Å². The molecule has 0 aliphatic rings. The van der Waals surface area contributed by atoms with Crippen molar-refractivity contribution < 1.29 is 8.42 Å². The fourth-order valence-electron chi connectivity index (χ4n) is 3.08. The molecular weight excluding hydrogens is 394 g/mol. The summed E-state index contributed by atoms with van der Waals surface area (Å²) in [5, 5.41) is 1.13. The van der Waals surface area contributed by atoms with Crippen molar-refractivity contribution in [2.75, 3.05) is 18.6 Å². The monoisotopic (exact) mass is 417 g/mol. The second-order valence-electron chi connectivity index (χ2n) is 6.52. The maximum atomic E-state index is 13.3. The normalized spacial score (nSPS) is 11.8. The van der Waals surface area contributed by atoms with Gasteiger partial charge in [-0.25, -0.2) is 18.1 Å². The summed E-state index contributed by atoms with van der Waals surface area (Å²) < 4.78 is 27.2. The zero-order valence-corrected chi connectivity index (χ0v) is 17.7. The summed E-state index contributed by atoms with van der Waals surface area (Å²) in [7, 11) is -1.84. The summed E-state index contributed by atoms with van der Waals surface area (Å²) in [5.74, 6) is 0.578. The van der Waals surface area contributed by atoms with Crippen LogP contribution in [0, 0.1) is 13.8 Å². The van der Waals surface area contributed by atoms with Crippen LogP contribution in [0.4, 0.5) is 0 Å². The van der Waals surface area contributed by atoms with Crippen LogP contribution >= 0.6 is 11.8 Å². The van der Waals surface area contributed by atoms with Crippen LogP contribution in [0.3, 0.4) is 0 Å². The van der Waals surface area contributed by atoms with E-state index >= 15 is 0 Å². The number of sulfonamides is 1. The fraction of sp³-hybridized carbons (Fsp3) is 0.300. The van der Waals surface area contributed by atoms with Gasteiger partial charge in [0.2, 0.25) is 10.0 Å². The second-order valence-corrected chi connectivity index (χ2v) is 9.63. The van der Waals surface area contributed by atoms with Crippen LogP contribution in [0.5, 0.6) is 0 Å². The third kappa shape index (κ3) is 4.29. The van der Waals surface area contributed by atoms with Crippen LogP contribution in [-0.2, 0) is 10.0 Å². The Balaban J connectivity index is 2.07. The minimum absolute atomic E-state index is 0.0394. The highest BCUT2D eigenvalue weighted by Gasteiger charge is 2.16. The maximum Gasteiger partial charge on any atom is 0.266 e. The predicted octanol–water partition coefficient (Wildman–Crippen LogP) is 3.03. The van der Waals surface area contributed by atoms with Crippen molar-refractivity contribution in [3.8, 4) is 5.69 Å². The predicted molar refractivity (Wildman–Crippen MR) is 115 cm³/mol. The van der Waals surface area contributed by atoms with Gasteiger partial charge in [-0.05, 0) is 50.6 Å². The zero-order valence-electron chi connectivity index (χ0n) is 16.1. The van der Waals surface area contributed by atoms with Gasteiger partial charge in [0, 0.05) is 5.75 Å². The van der Waals surface area contributed by atoms with Crippen molar-refractivity contribution in [2.45, 2.75) is 25.4 Å². The summed E-state index contributed by atoms with van der Waals surface area (Å²) in [4.78, 5) is 18.0. The molecule has 0 saturated heterocycles. The van der Waals surface area contributed by atoms with E-state index < -0.39 is 10.0 Å². The molecule has 3 rings (SSSR count). The Hall–Kier alpha value is -2.16. The van der Waals surface area contributed by atoms with Crippen molar-refractivity contribution in [1.29, 1.82) is 0 Å². The number of para-hydroxylation sites is 2. The Labute approximate surface area is 169 Å². The second kappa shape index (κ2) is 8.46. The van der Waals surface area contributed by atoms with Crippen molar-refractivity contribution in [2.24, 2.45) is 0 Å². The third-order valence-electron chi connectivity index (χ3n) is 4.51. The van der Waals surface area contributed by atoms with Gasteiger partial charge in [0.05, 0.1) is 22.3 Å². The van der Waals surface area contributed by atoms with Gasteiger partial charge in [0.25, 0.3) is 5.56 Å². The molecule has 0 atom stereocenters. The SMILES string of the molecule is CNS(=O)(=O)CCCSc1nc2ccccc2c(=O)n1-c1c(C)cccc1C. The molecule has 0 saturated carbocycles. The van der Waals surface area contributed by atoms with E-state index in [1.807, 2.05) is 50.2 Å². The van der Waals surface area contributed by atoms with E-state index in [2.05, 4.69) is 4.72 Å². The molecule has 1 heterocycles. The Morgan fingerprint density at radius 1 is 1.07 bits per heavy atom. The van der Waals surface area contributed by atoms with E-state index in [-0.39, 0.29) is 11.3 Å². The molecule has 2 aromatic carbocycles. The minimum Gasteiger partial charge on any atom is -0.268 e. The number of nitrogens with zero attached hydrogens (tertiary/aromatic N) is 2. The molecule has 0 spiro atoms. The summed E-state index contributed by atoms with van der Waals surface area (Å²) in [5.41, 5.74) is 3.32. The highest BCUT2D eigenvalue weighted by molar-refractivity contribution is 7.99. The molecule has 1 aromatic heterocycles. The fourth-order valence-corrected chi connectivity index (χ4v) is 4.93. The van der Waals surface area contributed by atoms with Gasteiger partial charge in [-0.1, -0.05) is 42.1 Å². The molecule has 6 nitrogen and oxygen atoms in total. The smallest absolute Gasteiger partial charge is 0.266 e. The van der Waals surface area contributed by atoms with E-state index in [9.17, 15) is 13.2 Å². The van der Waals surface area contributed by atoms with Gasteiger partial charge in [-0.3, -0.25) is 9.36 Å². The molecule has 0 fully saturated rings. The van der Waals surface area contributed by atoms with E-state index in [1.54, 1.807) is 10.6 Å². The molecule has 148 valence electrons. The van der Waals surface area contributed by atoms with Gasteiger partial charge < -0.3 is 0 Å². The zero-order chi connectivity index (χ0) is 20.3. The van der Waals surface area contributed by atoms with Gasteiger partial charge in [0.15, 0.2) is 5.16 Å². The molecule has 0 unspecified atom stereocenters. The number of nitrogens with one attached hydrogen (secondary N) is 1. The van der Waals surface area contributed by atoms with Crippen LogP contribution in [0.15, 0.2) is 52.4 Å². The maximum absolute atomic E-state index is 13.3. The summed E-state index contributed by atoms with van der Waals surface area (Å²) in [6.45, 7) is 3.94. The van der Waals surface area contributed by atoms with Gasteiger partial charge in [-0.2, -0.15) is 0 Å². The average Bonchev–Trinajstić information content (AvgIpc) is 2.67. The van der Waals surface area contributed by atoms with E-state index in [0.29, 0.717) is 28.2 Å². The van der Waals surface area contributed by atoms with Gasteiger partial charge >= 0.3 is 0 Å². The number of fused-ring (bicyclic) bond motifs is 1. The third-order valence-corrected chi connectivity index (χ3v) is 6.98. The summed E-state index contributed by atoms with van der Waals surface area (Å²) >= 11 is 1.40.